The molecule has 0 saturated carbocycles. The van der Waals surface area contributed by atoms with E-state index in [0.29, 0.717) is 29.4 Å². The number of thioether (sulfide) groups is 1. The Labute approximate surface area is 225 Å². The molecule has 0 spiro atoms. The third kappa shape index (κ3) is 6.93. The maximum absolute atomic E-state index is 13.3. The number of hydrogen-bond acceptors (Lipinski definition) is 5. The van der Waals surface area contributed by atoms with Crippen molar-refractivity contribution in [2.45, 2.75) is 32.7 Å². The monoisotopic (exact) mass is 539 g/mol. The molecule has 4 rings (SSSR count). The van der Waals surface area contributed by atoms with Crippen LogP contribution in [0.5, 0.6) is 11.5 Å². The van der Waals surface area contributed by atoms with Crippen molar-refractivity contribution in [3.05, 3.63) is 99.2 Å². The summed E-state index contributed by atoms with van der Waals surface area (Å²) in [6.45, 7) is 7.28. The number of imide groups is 1. The largest absolute Gasteiger partial charge is 0.490 e. The van der Waals surface area contributed by atoms with Gasteiger partial charge in [-0.2, -0.15) is 0 Å². The molecule has 37 heavy (non-hydrogen) atoms. The van der Waals surface area contributed by atoms with Gasteiger partial charge in [0.05, 0.1) is 11.4 Å². The number of carbonyl (C=O) groups is 2. The molecule has 0 N–H and O–H groups in total. The molecule has 1 saturated heterocycles. The van der Waals surface area contributed by atoms with E-state index in [2.05, 4.69) is 32.9 Å². The highest BCUT2D eigenvalue weighted by molar-refractivity contribution is 8.18. The number of halogens is 2. The maximum atomic E-state index is 13.3. The maximum Gasteiger partial charge on any atom is 0.293 e. The zero-order valence-electron chi connectivity index (χ0n) is 20.8. The van der Waals surface area contributed by atoms with Crippen molar-refractivity contribution >= 4 is 40.6 Å². The number of ether oxygens (including phenoxy) is 2. The van der Waals surface area contributed by atoms with E-state index in [1.165, 1.54) is 17.7 Å². The van der Waals surface area contributed by atoms with Gasteiger partial charge >= 0.3 is 0 Å². The van der Waals surface area contributed by atoms with Gasteiger partial charge in [0.15, 0.2) is 0 Å². The van der Waals surface area contributed by atoms with Crippen LogP contribution < -0.4 is 9.47 Å². The summed E-state index contributed by atoms with van der Waals surface area (Å²) in [4.78, 5) is 26.6. The Morgan fingerprint density at radius 3 is 2.08 bits per heavy atom. The lowest BCUT2D eigenvalue weighted by Gasteiger charge is -2.19. The summed E-state index contributed by atoms with van der Waals surface area (Å²) in [5, 5.41) is -0.230. The van der Waals surface area contributed by atoms with Gasteiger partial charge in [-0.1, -0.05) is 62.7 Å². The molecular formula is C29H27ClFNO4S. The van der Waals surface area contributed by atoms with E-state index >= 15 is 0 Å². The molecule has 3 aromatic carbocycles. The van der Waals surface area contributed by atoms with Crippen LogP contribution >= 0.6 is 23.4 Å². The highest BCUT2D eigenvalue weighted by atomic mass is 35.5. The summed E-state index contributed by atoms with van der Waals surface area (Å²) in [7, 11) is 0. The SMILES string of the molecule is CC(C)(C)c1ccc(OCCOc2ccc(/C=C3\SC(=O)N(Cc4ccc(F)cc4Cl)C3=O)cc2)cc1. The molecule has 2 amide bonds. The summed E-state index contributed by atoms with van der Waals surface area (Å²) < 4.78 is 24.8. The first-order valence-electron chi connectivity index (χ1n) is 11.8. The minimum atomic E-state index is -0.478. The highest BCUT2D eigenvalue weighted by Gasteiger charge is 2.35. The van der Waals surface area contributed by atoms with Crippen molar-refractivity contribution in [1.29, 1.82) is 0 Å². The number of carbonyl (C=O) groups excluding carboxylic acids is 2. The summed E-state index contributed by atoms with van der Waals surface area (Å²) in [5.41, 5.74) is 2.60. The minimum absolute atomic E-state index is 0.0172. The van der Waals surface area contributed by atoms with Crippen molar-refractivity contribution in [3.8, 4) is 11.5 Å². The average molecular weight is 540 g/mol. The number of benzene rings is 3. The highest BCUT2D eigenvalue weighted by Crippen LogP contribution is 2.34. The van der Waals surface area contributed by atoms with Crippen LogP contribution in [0.2, 0.25) is 5.02 Å². The van der Waals surface area contributed by atoms with Gasteiger partial charge in [-0.15, -0.1) is 0 Å². The zero-order valence-corrected chi connectivity index (χ0v) is 22.4. The van der Waals surface area contributed by atoms with Gasteiger partial charge < -0.3 is 9.47 Å². The van der Waals surface area contributed by atoms with E-state index < -0.39 is 17.0 Å². The van der Waals surface area contributed by atoms with Crippen molar-refractivity contribution in [3.63, 3.8) is 0 Å². The average Bonchev–Trinajstić information content (AvgIpc) is 3.11. The number of amides is 2. The molecule has 0 aliphatic carbocycles. The van der Waals surface area contributed by atoms with Crippen LogP contribution in [0, 0.1) is 5.82 Å². The Morgan fingerprint density at radius 1 is 0.919 bits per heavy atom. The van der Waals surface area contributed by atoms with Gasteiger partial charge in [0.2, 0.25) is 0 Å². The molecule has 0 atom stereocenters. The van der Waals surface area contributed by atoms with E-state index in [9.17, 15) is 14.0 Å². The summed E-state index contributed by atoms with van der Waals surface area (Å²) in [5.74, 6) is 0.572. The van der Waals surface area contributed by atoms with Gasteiger partial charge in [-0.3, -0.25) is 14.5 Å². The Hall–Kier alpha value is -3.29. The predicted octanol–water partition coefficient (Wildman–Crippen LogP) is 7.47. The fraction of sp³-hybridized carbons (Fsp3) is 0.241. The lowest BCUT2D eigenvalue weighted by molar-refractivity contribution is -0.123. The molecular weight excluding hydrogens is 513 g/mol. The summed E-state index contributed by atoms with van der Waals surface area (Å²) >= 11 is 6.91. The first-order valence-corrected chi connectivity index (χ1v) is 12.9. The molecule has 0 aromatic heterocycles. The third-order valence-corrected chi connectivity index (χ3v) is 7.00. The summed E-state index contributed by atoms with van der Waals surface area (Å²) in [6.07, 6.45) is 1.66. The van der Waals surface area contributed by atoms with Crippen molar-refractivity contribution in [2.24, 2.45) is 0 Å². The topological polar surface area (TPSA) is 55.8 Å². The van der Waals surface area contributed by atoms with E-state index in [1.807, 2.05) is 24.3 Å². The molecule has 0 bridgehead atoms. The second-order valence-corrected chi connectivity index (χ2v) is 10.9. The lowest BCUT2D eigenvalue weighted by atomic mass is 9.87. The third-order valence-electron chi connectivity index (χ3n) is 5.74. The molecule has 192 valence electrons. The van der Waals surface area contributed by atoms with Crippen LogP contribution in [0.25, 0.3) is 6.08 Å². The molecule has 3 aromatic rings. The van der Waals surface area contributed by atoms with E-state index in [4.69, 9.17) is 21.1 Å². The molecule has 8 heteroatoms. The number of rotatable bonds is 8. The van der Waals surface area contributed by atoms with E-state index in [-0.39, 0.29) is 17.0 Å². The van der Waals surface area contributed by atoms with Crippen molar-refractivity contribution in [2.75, 3.05) is 13.2 Å². The first kappa shape index (κ1) is 26.8. The number of hydrogen-bond donors (Lipinski definition) is 0. The molecule has 1 aliphatic heterocycles. The molecule has 0 unspecified atom stereocenters. The molecule has 1 fully saturated rings. The lowest BCUT2D eigenvalue weighted by Crippen LogP contribution is -2.27. The minimum Gasteiger partial charge on any atom is -0.490 e. The quantitative estimate of drug-likeness (QED) is 0.219. The van der Waals surface area contributed by atoms with Gasteiger partial charge in [0.25, 0.3) is 11.1 Å². The fourth-order valence-electron chi connectivity index (χ4n) is 3.64. The smallest absolute Gasteiger partial charge is 0.293 e. The van der Waals surface area contributed by atoms with Crippen LogP contribution in [-0.2, 0) is 16.8 Å². The normalized spacial score (nSPS) is 14.9. The standard InChI is InChI=1S/C29H27ClFNO4S/c1-29(2,3)21-7-12-24(13-8-21)36-15-14-35-23-10-4-19(5-11-23)16-26-27(33)32(28(34)37-26)18-20-6-9-22(31)17-25(20)30/h4-13,16-17H,14-15,18H2,1-3H3/b26-16-. The first-order chi connectivity index (χ1) is 17.6. The molecule has 1 aliphatic rings. The molecule has 1 heterocycles. The van der Waals surface area contributed by atoms with Crippen LogP contribution in [0.15, 0.2) is 71.6 Å². The fourth-order valence-corrected chi connectivity index (χ4v) is 4.70. The van der Waals surface area contributed by atoms with E-state index in [0.717, 1.165) is 34.0 Å². The second kappa shape index (κ2) is 11.4. The van der Waals surface area contributed by atoms with Gasteiger partial charge in [-0.05, 0) is 76.3 Å². The Bertz CT molecular complexity index is 1320. The van der Waals surface area contributed by atoms with Crippen LogP contribution in [0.3, 0.4) is 0 Å². The molecule has 0 radical (unpaired) electrons. The Morgan fingerprint density at radius 2 is 1.51 bits per heavy atom. The van der Waals surface area contributed by atoms with Gasteiger partial charge in [-0.25, -0.2) is 4.39 Å². The van der Waals surface area contributed by atoms with Gasteiger partial charge in [0, 0.05) is 5.02 Å². The second-order valence-electron chi connectivity index (χ2n) is 9.54. The van der Waals surface area contributed by atoms with Crippen molar-refractivity contribution in [1.82, 2.24) is 4.90 Å². The van der Waals surface area contributed by atoms with Gasteiger partial charge in [0.1, 0.15) is 30.5 Å². The Kier molecular flexibility index (Phi) is 8.25. The van der Waals surface area contributed by atoms with Crippen LogP contribution in [0.4, 0.5) is 9.18 Å². The summed E-state index contributed by atoms with van der Waals surface area (Å²) in [6, 6.07) is 19.2. The number of nitrogens with zero attached hydrogens (tertiary/aromatic N) is 1. The predicted molar refractivity (Wildman–Crippen MR) is 145 cm³/mol. The Balaban J connectivity index is 1.29. The van der Waals surface area contributed by atoms with Crippen molar-refractivity contribution < 1.29 is 23.5 Å². The zero-order chi connectivity index (χ0) is 26.6. The van der Waals surface area contributed by atoms with E-state index in [1.54, 1.807) is 18.2 Å². The van der Waals surface area contributed by atoms with Crippen LogP contribution in [0.1, 0.15) is 37.5 Å². The molecule has 5 nitrogen and oxygen atoms in total. The van der Waals surface area contributed by atoms with Crippen LogP contribution in [-0.4, -0.2) is 29.3 Å².